The van der Waals surface area contributed by atoms with Crippen molar-refractivity contribution in [1.82, 2.24) is 19.9 Å². The average Bonchev–Trinajstić information content (AvgIpc) is 3.94. The third-order valence-electron chi connectivity index (χ3n) is 9.68. The SMILES string of the molecule is CC(OCCCCc1ccc(F)cc1F)c1cc2cc3[nH]c(cc4nc(cc5nc(cc1[nH]2)C=C5)C=C4)cc3C(C)OCCCCc1ccc(F)cc1F.[H-].[H-].[K+].[K+]. The first kappa shape index (κ1) is 45.0. The Bertz CT molecular complexity index is 2390. The van der Waals surface area contributed by atoms with Gasteiger partial charge in [-0.15, -0.1) is 0 Å². The van der Waals surface area contributed by atoms with Crippen molar-refractivity contribution in [3.05, 3.63) is 141 Å². The van der Waals surface area contributed by atoms with E-state index in [-0.39, 0.29) is 118 Å². The Morgan fingerprint density at radius 2 is 0.964 bits per heavy atom. The number of benzene rings is 2. The van der Waals surface area contributed by atoms with Crippen LogP contribution in [0.25, 0.3) is 46.4 Å². The fraction of sp³-hybridized carbons (Fsp3) is 0.273. The summed E-state index contributed by atoms with van der Waals surface area (Å²) in [4.78, 5) is 16.7. The standard InChI is InChI=1S/C44H42F4N4O2.2K.2H/c1-27(53-17-5-3-7-29-9-11-31(45)19-41(29)47)39-23-37-22-35-14-13-33(49-35)21-34-15-16-36(50-34)25-43-40(24-38(52-43)26-44(39)51-37)28(2)54-18-6-4-8-30-10-12-32(46)20-42(30)48;;;;/h9-16,19-28,51-52H,3-8,17-18H2,1-2H3;;;;/q;2*+1;2*-1. The van der Waals surface area contributed by atoms with E-state index in [1.54, 1.807) is 0 Å². The first-order valence-electron chi connectivity index (χ1n) is 18.4. The molecule has 5 aromatic rings. The van der Waals surface area contributed by atoms with Gasteiger partial charge in [0.25, 0.3) is 0 Å². The van der Waals surface area contributed by atoms with Gasteiger partial charge in [-0.3, -0.25) is 0 Å². The number of rotatable bonds is 14. The minimum Gasteiger partial charge on any atom is -1.00 e. The number of unbranched alkanes of at least 4 members (excludes halogenated alkanes) is 2. The van der Waals surface area contributed by atoms with Gasteiger partial charge in [-0.1, -0.05) is 12.1 Å². The summed E-state index contributed by atoms with van der Waals surface area (Å²) in [6, 6.07) is 19.6. The van der Waals surface area contributed by atoms with E-state index < -0.39 is 23.3 Å². The molecule has 0 spiro atoms. The Labute approximate surface area is 412 Å². The molecule has 0 saturated carbocycles. The Hall–Kier alpha value is -2.05. The second kappa shape index (κ2) is 21.3. The molecule has 3 aromatic heterocycles. The smallest absolute Gasteiger partial charge is 1.00 e. The molecule has 56 heavy (non-hydrogen) atoms. The summed E-state index contributed by atoms with van der Waals surface area (Å²) in [5.41, 5.74) is 9.63. The maximum atomic E-state index is 14.1. The van der Waals surface area contributed by atoms with Crippen LogP contribution in [-0.4, -0.2) is 33.1 Å². The fourth-order valence-electron chi connectivity index (χ4n) is 6.79. The topological polar surface area (TPSA) is 75.8 Å². The van der Waals surface area contributed by atoms with E-state index in [1.165, 1.54) is 24.3 Å². The summed E-state index contributed by atoms with van der Waals surface area (Å²) in [5.74, 6) is -2.20. The molecule has 2 atom stereocenters. The van der Waals surface area contributed by atoms with Crippen LogP contribution in [-0.2, 0) is 22.3 Å². The number of H-pyrrole nitrogens is 2. The van der Waals surface area contributed by atoms with Crippen LogP contribution < -0.4 is 103 Å². The summed E-state index contributed by atoms with van der Waals surface area (Å²) >= 11 is 0. The number of aromatic nitrogens is 4. The van der Waals surface area contributed by atoms with Crippen LogP contribution in [0.3, 0.4) is 0 Å². The van der Waals surface area contributed by atoms with Crippen LogP contribution in [0.15, 0.2) is 72.8 Å². The largest absolute Gasteiger partial charge is 1.00 e. The number of aromatic amines is 2. The molecule has 2 aliphatic rings. The molecule has 282 valence electrons. The number of halogens is 4. The van der Waals surface area contributed by atoms with Gasteiger partial charge >= 0.3 is 103 Å². The summed E-state index contributed by atoms with van der Waals surface area (Å²) < 4.78 is 67.4. The number of fused-ring (bicyclic) bond motifs is 8. The number of nitrogens with zero attached hydrogens (tertiary/aromatic N) is 2. The molecule has 7 rings (SSSR count). The molecule has 2 N–H and O–H groups in total. The van der Waals surface area contributed by atoms with Crippen LogP contribution in [0.4, 0.5) is 17.6 Å². The minimum atomic E-state index is -0.577. The molecule has 8 bridgehead atoms. The van der Waals surface area contributed by atoms with Gasteiger partial charge in [0, 0.05) is 58.5 Å². The summed E-state index contributed by atoms with van der Waals surface area (Å²) in [5, 5.41) is 0. The molecular weight excluding hydrogens is 771 g/mol. The fourth-order valence-corrected chi connectivity index (χ4v) is 6.79. The van der Waals surface area contributed by atoms with E-state index in [2.05, 4.69) is 28.2 Å². The predicted octanol–water partition coefficient (Wildman–Crippen LogP) is 5.65. The van der Waals surface area contributed by atoms with Crippen molar-refractivity contribution < 1.29 is 133 Å². The van der Waals surface area contributed by atoms with Crippen molar-refractivity contribution in [2.24, 2.45) is 0 Å². The van der Waals surface area contributed by atoms with E-state index in [1.807, 2.05) is 56.4 Å². The van der Waals surface area contributed by atoms with E-state index in [9.17, 15) is 17.6 Å². The number of nitrogens with one attached hydrogen (secondary N) is 2. The molecular formula is C44H44F4K2N4O2. The quantitative estimate of drug-likeness (QED) is 0.0847. The third kappa shape index (κ3) is 12.0. The molecule has 0 radical (unpaired) electrons. The van der Waals surface area contributed by atoms with E-state index >= 15 is 0 Å². The van der Waals surface area contributed by atoms with Gasteiger partial charge in [0.15, 0.2) is 0 Å². The molecule has 0 saturated heterocycles. The van der Waals surface area contributed by atoms with E-state index in [0.29, 0.717) is 50.0 Å². The van der Waals surface area contributed by atoms with Crippen LogP contribution in [0, 0.1) is 23.3 Å². The first-order chi connectivity index (χ1) is 26.2. The zero-order valence-corrected chi connectivity index (χ0v) is 38.5. The second-order valence-corrected chi connectivity index (χ2v) is 13.8. The summed E-state index contributed by atoms with van der Waals surface area (Å²) in [6.45, 7) is 4.98. The molecule has 6 nitrogen and oxygen atoms in total. The maximum Gasteiger partial charge on any atom is 1.00 e. The predicted molar refractivity (Wildman–Crippen MR) is 208 cm³/mol. The molecule has 2 unspecified atom stereocenters. The van der Waals surface area contributed by atoms with Gasteiger partial charge in [0.2, 0.25) is 0 Å². The van der Waals surface area contributed by atoms with E-state index in [0.717, 1.165) is 80.9 Å². The van der Waals surface area contributed by atoms with Crippen molar-refractivity contribution in [3.8, 4) is 0 Å². The number of hydrogen-bond donors (Lipinski definition) is 2. The minimum absolute atomic E-state index is 0. The van der Waals surface area contributed by atoms with Crippen molar-refractivity contribution in [2.45, 2.75) is 64.6 Å². The molecule has 0 aliphatic carbocycles. The Kier molecular flexibility index (Phi) is 17.1. The third-order valence-corrected chi connectivity index (χ3v) is 9.68. The van der Waals surface area contributed by atoms with Crippen molar-refractivity contribution in [3.63, 3.8) is 0 Å². The van der Waals surface area contributed by atoms with Crippen LogP contribution in [0.5, 0.6) is 0 Å². The van der Waals surface area contributed by atoms with Gasteiger partial charge in [-0.25, -0.2) is 27.5 Å². The summed E-state index contributed by atoms with van der Waals surface area (Å²) in [7, 11) is 0. The first-order valence-corrected chi connectivity index (χ1v) is 18.4. The molecule has 5 heterocycles. The number of ether oxygens (including phenoxy) is 2. The molecule has 2 aromatic carbocycles. The van der Waals surface area contributed by atoms with Gasteiger partial charge in [0.1, 0.15) is 23.3 Å². The Balaban J connectivity index is 0.00000225. The molecule has 0 amide bonds. The van der Waals surface area contributed by atoms with Gasteiger partial charge in [-0.2, -0.15) is 0 Å². The second-order valence-electron chi connectivity index (χ2n) is 13.8. The summed E-state index contributed by atoms with van der Waals surface area (Å²) in [6.07, 6.45) is 11.2. The monoisotopic (exact) mass is 814 g/mol. The van der Waals surface area contributed by atoms with Crippen LogP contribution >= 0.6 is 0 Å². The van der Waals surface area contributed by atoms with Crippen molar-refractivity contribution in [2.75, 3.05) is 13.2 Å². The van der Waals surface area contributed by atoms with Crippen LogP contribution in [0.2, 0.25) is 0 Å². The number of aryl methyl sites for hydroxylation is 2. The van der Waals surface area contributed by atoms with Gasteiger partial charge < -0.3 is 22.3 Å². The molecule has 2 aliphatic heterocycles. The zero-order valence-electron chi connectivity index (χ0n) is 34.3. The zero-order chi connectivity index (χ0) is 37.6. The molecule has 12 heteroatoms. The Morgan fingerprint density at radius 1 is 0.536 bits per heavy atom. The normalized spacial score (nSPS) is 13.0. The Morgan fingerprint density at radius 3 is 1.45 bits per heavy atom. The molecule has 0 fully saturated rings. The van der Waals surface area contributed by atoms with E-state index in [4.69, 9.17) is 19.4 Å². The maximum absolute atomic E-state index is 14.1. The number of hydrogen-bond acceptors (Lipinski definition) is 4. The van der Waals surface area contributed by atoms with Crippen molar-refractivity contribution in [1.29, 1.82) is 0 Å². The van der Waals surface area contributed by atoms with Gasteiger partial charge in [0.05, 0.1) is 35.0 Å². The van der Waals surface area contributed by atoms with Crippen LogP contribution in [0.1, 0.15) is 99.6 Å². The van der Waals surface area contributed by atoms with Crippen molar-refractivity contribution >= 4 is 46.4 Å². The average molecular weight is 815 g/mol. The van der Waals surface area contributed by atoms with Gasteiger partial charge in [-0.05, 0) is 136 Å².